The van der Waals surface area contributed by atoms with Gasteiger partial charge in [-0.3, -0.25) is 4.79 Å². The van der Waals surface area contributed by atoms with Crippen molar-refractivity contribution < 1.29 is 9.53 Å². The third-order valence-electron chi connectivity index (χ3n) is 3.93. The van der Waals surface area contributed by atoms with Gasteiger partial charge in [-0.2, -0.15) is 0 Å². The van der Waals surface area contributed by atoms with Gasteiger partial charge in [0.05, 0.1) is 19.1 Å². The van der Waals surface area contributed by atoms with Crippen molar-refractivity contribution >= 4 is 47.2 Å². The summed E-state index contributed by atoms with van der Waals surface area (Å²) in [6.07, 6.45) is 1.67. The van der Waals surface area contributed by atoms with Gasteiger partial charge in [0.2, 0.25) is 0 Å². The van der Waals surface area contributed by atoms with E-state index in [1.165, 1.54) is 9.75 Å². The first-order chi connectivity index (χ1) is 11.1. The Morgan fingerprint density at radius 3 is 2.62 bits per heavy atom. The average molecular weight is 465 g/mol. The van der Waals surface area contributed by atoms with Crippen molar-refractivity contribution in [3.8, 4) is 0 Å². The van der Waals surface area contributed by atoms with Gasteiger partial charge in [0.15, 0.2) is 5.96 Å². The van der Waals surface area contributed by atoms with Crippen molar-refractivity contribution in [1.29, 1.82) is 0 Å². The van der Waals surface area contributed by atoms with Crippen molar-refractivity contribution in [2.24, 2.45) is 10.9 Å². The quantitative estimate of drug-likeness (QED) is 0.314. The van der Waals surface area contributed by atoms with Crippen LogP contribution in [0.5, 0.6) is 0 Å². The number of aliphatic imine (C=N–C) groups is 1. The Morgan fingerprint density at radius 2 is 2.08 bits per heavy atom. The van der Waals surface area contributed by atoms with E-state index in [0.29, 0.717) is 13.2 Å². The SMILES string of the molecule is CCNC(=NCc1ccc(C)s1)N1CCC(C(=O)OCC)CC1.I. The number of rotatable bonds is 5. The van der Waals surface area contributed by atoms with Gasteiger partial charge in [0, 0.05) is 29.4 Å². The monoisotopic (exact) mass is 465 g/mol. The molecule has 1 aliphatic heterocycles. The van der Waals surface area contributed by atoms with Gasteiger partial charge in [0.25, 0.3) is 0 Å². The molecule has 24 heavy (non-hydrogen) atoms. The maximum absolute atomic E-state index is 11.8. The van der Waals surface area contributed by atoms with Crippen LogP contribution in [0.2, 0.25) is 0 Å². The van der Waals surface area contributed by atoms with Gasteiger partial charge >= 0.3 is 5.97 Å². The molecule has 1 saturated heterocycles. The molecule has 2 rings (SSSR count). The standard InChI is InChI=1S/C17H27N3O2S.HI/c1-4-18-17(19-12-15-7-6-13(3)23-15)20-10-8-14(9-11-20)16(21)22-5-2;/h6-7,14H,4-5,8-12H2,1-3H3,(H,18,19);1H. The number of carbonyl (C=O) groups is 1. The first-order valence-electron chi connectivity index (χ1n) is 8.39. The van der Waals surface area contributed by atoms with E-state index in [2.05, 4.69) is 36.2 Å². The Hall–Kier alpha value is -0.830. The number of piperidine rings is 1. The molecule has 136 valence electrons. The molecular weight excluding hydrogens is 437 g/mol. The summed E-state index contributed by atoms with van der Waals surface area (Å²) in [6.45, 7) is 9.76. The summed E-state index contributed by atoms with van der Waals surface area (Å²) in [5, 5.41) is 3.36. The Labute approximate surface area is 165 Å². The Morgan fingerprint density at radius 1 is 1.38 bits per heavy atom. The number of aryl methyl sites for hydroxylation is 1. The summed E-state index contributed by atoms with van der Waals surface area (Å²) < 4.78 is 5.13. The minimum absolute atomic E-state index is 0. The third kappa shape index (κ3) is 6.23. The zero-order valence-electron chi connectivity index (χ0n) is 14.7. The van der Waals surface area contributed by atoms with E-state index in [0.717, 1.165) is 38.4 Å². The smallest absolute Gasteiger partial charge is 0.309 e. The Kier molecular flexibility index (Phi) is 9.65. The lowest BCUT2D eigenvalue weighted by Crippen LogP contribution is -2.46. The fraction of sp³-hybridized carbons (Fsp3) is 0.647. The molecule has 1 aromatic rings. The number of ether oxygens (including phenoxy) is 1. The molecule has 0 radical (unpaired) electrons. The van der Waals surface area contributed by atoms with E-state index >= 15 is 0 Å². The summed E-state index contributed by atoms with van der Waals surface area (Å²) in [5.74, 6) is 0.929. The molecule has 0 bridgehead atoms. The first kappa shape index (κ1) is 21.2. The van der Waals surface area contributed by atoms with Crippen LogP contribution in [0.3, 0.4) is 0 Å². The molecule has 0 amide bonds. The van der Waals surface area contributed by atoms with Gasteiger partial charge in [-0.1, -0.05) is 0 Å². The molecule has 1 fully saturated rings. The highest BCUT2D eigenvalue weighted by Gasteiger charge is 2.27. The Bertz CT molecular complexity index is 540. The normalized spacial score (nSPS) is 15.8. The van der Waals surface area contributed by atoms with Crippen molar-refractivity contribution in [1.82, 2.24) is 10.2 Å². The largest absolute Gasteiger partial charge is 0.466 e. The van der Waals surface area contributed by atoms with Gasteiger partial charge < -0.3 is 15.0 Å². The van der Waals surface area contributed by atoms with Crippen LogP contribution in [0.15, 0.2) is 17.1 Å². The van der Waals surface area contributed by atoms with E-state index in [1.54, 1.807) is 11.3 Å². The second-order valence-electron chi connectivity index (χ2n) is 5.70. The highest BCUT2D eigenvalue weighted by Crippen LogP contribution is 2.20. The van der Waals surface area contributed by atoms with Crippen LogP contribution in [-0.2, 0) is 16.1 Å². The number of carbonyl (C=O) groups excluding carboxylic acids is 1. The van der Waals surface area contributed by atoms with E-state index in [1.807, 2.05) is 6.92 Å². The minimum atomic E-state index is -0.0526. The lowest BCUT2D eigenvalue weighted by atomic mass is 9.97. The van der Waals surface area contributed by atoms with Gasteiger partial charge in [-0.25, -0.2) is 4.99 Å². The second-order valence-corrected chi connectivity index (χ2v) is 7.07. The van der Waals surface area contributed by atoms with Crippen molar-refractivity contribution in [3.63, 3.8) is 0 Å². The van der Waals surface area contributed by atoms with Crippen molar-refractivity contribution in [2.45, 2.75) is 40.2 Å². The number of guanidine groups is 1. The first-order valence-corrected chi connectivity index (χ1v) is 9.20. The van der Waals surface area contributed by atoms with Crippen LogP contribution in [0.1, 0.15) is 36.4 Å². The summed E-state index contributed by atoms with van der Waals surface area (Å²) >= 11 is 1.79. The number of likely N-dealkylation sites (tertiary alicyclic amines) is 1. The van der Waals surface area contributed by atoms with Gasteiger partial charge in [0.1, 0.15) is 0 Å². The fourth-order valence-electron chi connectivity index (χ4n) is 2.74. The fourth-order valence-corrected chi connectivity index (χ4v) is 3.55. The summed E-state index contributed by atoms with van der Waals surface area (Å²) in [4.78, 5) is 21.4. The molecule has 5 nitrogen and oxygen atoms in total. The summed E-state index contributed by atoms with van der Waals surface area (Å²) in [7, 11) is 0. The number of esters is 1. The molecule has 0 aliphatic carbocycles. The predicted octanol–water partition coefficient (Wildman–Crippen LogP) is 3.42. The third-order valence-corrected chi connectivity index (χ3v) is 4.92. The van der Waals surface area contributed by atoms with E-state index in [-0.39, 0.29) is 35.9 Å². The van der Waals surface area contributed by atoms with Crippen molar-refractivity contribution in [3.05, 3.63) is 21.9 Å². The predicted molar refractivity (Wildman–Crippen MR) is 110 cm³/mol. The van der Waals surface area contributed by atoms with Crippen LogP contribution in [-0.4, -0.2) is 43.1 Å². The Balaban J connectivity index is 0.00000288. The van der Waals surface area contributed by atoms with Gasteiger partial charge in [-0.05, 0) is 45.7 Å². The van der Waals surface area contributed by atoms with Crippen LogP contribution in [0.25, 0.3) is 0 Å². The van der Waals surface area contributed by atoms with Gasteiger partial charge in [-0.15, -0.1) is 35.3 Å². The zero-order chi connectivity index (χ0) is 16.7. The van der Waals surface area contributed by atoms with E-state index < -0.39 is 0 Å². The zero-order valence-corrected chi connectivity index (χ0v) is 17.9. The number of hydrogen-bond donors (Lipinski definition) is 1. The number of halogens is 1. The molecule has 0 saturated carbocycles. The molecule has 0 atom stereocenters. The molecule has 2 heterocycles. The molecule has 0 unspecified atom stereocenters. The number of nitrogens with zero attached hydrogens (tertiary/aromatic N) is 2. The van der Waals surface area contributed by atoms with Crippen LogP contribution >= 0.6 is 35.3 Å². The highest BCUT2D eigenvalue weighted by atomic mass is 127. The van der Waals surface area contributed by atoms with Crippen LogP contribution in [0, 0.1) is 12.8 Å². The van der Waals surface area contributed by atoms with E-state index in [4.69, 9.17) is 9.73 Å². The van der Waals surface area contributed by atoms with Crippen molar-refractivity contribution in [2.75, 3.05) is 26.2 Å². The molecule has 1 aromatic heterocycles. The van der Waals surface area contributed by atoms with E-state index in [9.17, 15) is 4.79 Å². The summed E-state index contributed by atoms with van der Waals surface area (Å²) in [6, 6.07) is 4.27. The van der Waals surface area contributed by atoms with Crippen LogP contribution < -0.4 is 5.32 Å². The lowest BCUT2D eigenvalue weighted by molar-refractivity contribution is -0.149. The topological polar surface area (TPSA) is 53.9 Å². The molecule has 0 spiro atoms. The molecule has 1 N–H and O–H groups in total. The minimum Gasteiger partial charge on any atom is -0.466 e. The maximum atomic E-state index is 11.8. The molecular formula is C17H28IN3O2S. The molecule has 7 heteroatoms. The summed E-state index contributed by atoms with van der Waals surface area (Å²) in [5.41, 5.74) is 0. The number of thiophene rings is 1. The maximum Gasteiger partial charge on any atom is 0.309 e. The number of nitrogens with one attached hydrogen (secondary N) is 1. The number of hydrogen-bond acceptors (Lipinski definition) is 4. The van der Waals surface area contributed by atoms with Crippen LogP contribution in [0.4, 0.5) is 0 Å². The average Bonchev–Trinajstić information content (AvgIpc) is 2.97. The second kappa shape index (κ2) is 10.9. The highest BCUT2D eigenvalue weighted by molar-refractivity contribution is 14.0. The lowest BCUT2D eigenvalue weighted by Gasteiger charge is -2.33. The molecule has 1 aliphatic rings. The molecule has 0 aromatic carbocycles.